The molecular formula is C15H24FN. The number of hydrogen-bond acceptors (Lipinski definition) is 1. The Hall–Kier alpha value is -0.890. The molecule has 0 saturated carbocycles. The average Bonchev–Trinajstić information content (AvgIpc) is 2.15. The summed E-state index contributed by atoms with van der Waals surface area (Å²) in [6.07, 6.45) is 0.946. The molecule has 17 heavy (non-hydrogen) atoms. The highest BCUT2D eigenvalue weighted by Crippen LogP contribution is 2.32. The molecule has 0 saturated heterocycles. The fraction of sp³-hybridized carbons (Fsp3) is 0.600. The largest absolute Gasteiger partial charge is 0.317 e. The second kappa shape index (κ2) is 5.63. The first-order chi connectivity index (χ1) is 7.88. The van der Waals surface area contributed by atoms with Crippen LogP contribution in [0.4, 0.5) is 4.39 Å². The lowest BCUT2D eigenvalue weighted by Gasteiger charge is -2.28. The molecule has 1 N–H and O–H groups in total. The predicted molar refractivity (Wildman–Crippen MR) is 72.1 cm³/mol. The Morgan fingerprint density at radius 2 is 1.88 bits per heavy atom. The second-order valence-corrected chi connectivity index (χ2v) is 5.43. The van der Waals surface area contributed by atoms with Gasteiger partial charge in [0.1, 0.15) is 5.82 Å². The monoisotopic (exact) mass is 237 g/mol. The van der Waals surface area contributed by atoms with Gasteiger partial charge in [0.15, 0.2) is 0 Å². The van der Waals surface area contributed by atoms with Crippen molar-refractivity contribution in [2.24, 2.45) is 0 Å². The molecule has 0 bridgehead atoms. The van der Waals surface area contributed by atoms with E-state index in [0.717, 1.165) is 36.2 Å². The van der Waals surface area contributed by atoms with Gasteiger partial charge < -0.3 is 5.32 Å². The fourth-order valence-electron chi connectivity index (χ4n) is 2.48. The fourth-order valence-corrected chi connectivity index (χ4v) is 2.48. The summed E-state index contributed by atoms with van der Waals surface area (Å²) < 4.78 is 14.1. The molecule has 1 nitrogen and oxygen atoms in total. The number of nitrogens with one attached hydrogen (secondary N) is 1. The Labute approximate surface area is 104 Å². The molecule has 0 aromatic heterocycles. The van der Waals surface area contributed by atoms with Crippen LogP contribution >= 0.6 is 0 Å². The Morgan fingerprint density at radius 1 is 1.24 bits per heavy atom. The van der Waals surface area contributed by atoms with E-state index >= 15 is 0 Å². The first-order valence-corrected chi connectivity index (χ1v) is 6.36. The highest BCUT2D eigenvalue weighted by Gasteiger charge is 2.25. The van der Waals surface area contributed by atoms with Crippen molar-refractivity contribution in [1.29, 1.82) is 0 Å². The standard InChI is InChI=1S/C15H24FN/c1-6-17-8-7-15(4,5)14-12(3)9-11(2)10-13(14)16/h9-10,17H,6-8H2,1-5H3. The van der Waals surface area contributed by atoms with E-state index in [9.17, 15) is 4.39 Å². The number of halogens is 1. The lowest BCUT2D eigenvalue weighted by molar-refractivity contribution is 0.434. The van der Waals surface area contributed by atoms with Gasteiger partial charge in [0, 0.05) is 0 Å². The van der Waals surface area contributed by atoms with Crippen LogP contribution in [0.15, 0.2) is 12.1 Å². The molecule has 0 heterocycles. The third kappa shape index (κ3) is 3.53. The normalized spacial score (nSPS) is 11.9. The number of aryl methyl sites for hydroxylation is 2. The van der Waals surface area contributed by atoms with Crippen LogP contribution in [-0.2, 0) is 5.41 Å². The zero-order valence-electron chi connectivity index (χ0n) is 11.7. The second-order valence-electron chi connectivity index (χ2n) is 5.43. The van der Waals surface area contributed by atoms with Crippen LogP contribution in [0, 0.1) is 19.7 Å². The minimum atomic E-state index is -0.121. The van der Waals surface area contributed by atoms with E-state index in [2.05, 4.69) is 32.2 Å². The molecule has 0 fully saturated rings. The van der Waals surface area contributed by atoms with Gasteiger partial charge in [-0.05, 0) is 61.5 Å². The van der Waals surface area contributed by atoms with Crippen LogP contribution in [0.1, 0.15) is 43.9 Å². The first kappa shape index (κ1) is 14.2. The van der Waals surface area contributed by atoms with E-state index < -0.39 is 0 Å². The third-order valence-electron chi connectivity index (χ3n) is 3.29. The van der Waals surface area contributed by atoms with Gasteiger partial charge in [-0.3, -0.25) is 0 Å². The Balaban J connectivity index is 2.97. The van der Waals surface area contributed by atoms with Crippen molar-refractivity contribution in [2.75, 3.05) is 13.1 Å². The minimum absolute atomic E-state index is 0.0657. The van der Waals surface area contributed by atoms with E-state index in [1.165, 1.54) is 0 Å². The van der Waals surface area contributed by atoms with Crippen molar-refractivity contribution >= 4 is 0 Å². The highest BCUT2D eigenvalue weighted by molar-refractivity contribution is 5.37. The summed E-state index contributed by atoms with van der Waals surface area (Å²) in [6, 6.07) is 3.70. The molecule has 0 aliphatic rings. The van der Waals surface area contributed by atoms with Crippen molar-refractivity contribution in [1.82, 2.24) is 5.32 Å². The first-order valence-electron chi connectivity index (χ1n) is 6.36. The zero-order valence-corrected chi connectivity index (χ0v) is 11.7. The molecule has 0 amide bonds. The molecule has 1 rings (SSSR count). The Morgan fingerprint density at radius 3 is 2.41 bits per heavy atom. The van der Waals surface area contributed by atoms with Crippen molar-refractivity contribution in [2.45, 2.75) is 46.5 Å². The molecule has 0 spiro atoms. The van der Waals surface area contributed by atoms with Crippen molar-refractivity contribution in [3.8, 4) is 0 Å². The molecule has 1 aromatic carbocycles. The van der Waals surface area contributed by atoms with Crippen LogP contribution in [0.3, 0.4) is 0 Å². The number of hydrogen-bond donors (Lipinski definition) is 1. The molecule has 96 valence electrons. The van der Waals surface area contributed by atoms with Crippen molar-refractivity contribution in [3.05, 3.63) is 34.6 Å². The SMILES string of the molecule is CCNCCC(C)(C)c1c(C)cc(C)cc1F. The van der Waals surface area contributed by atoms with Crippen LogP contribution in [0.2, 0.25) is 0 Å². The van der Waals surface area contributed by atoms with E-state index in [1.54, 1.807) is 6.07 Å². The maximum Gasteiger partial charge on any atom is 0.127 e. The lowest BCUT2D eigenvalue weighted by atomic mass is 9.78. The van der Waals surface area contributed by atoms with E-state index in [1.807, 2.05) is 13.8 Å². The molecule has 0 unspecified atom stereocenters. The average molecular weight is 237 g/mol. The predicted octanol–water partition coefficient (Wildman–Crippen LogP) is 3.72. The van der Waals surface area contributed by atoms with Gasteiger partial charge in [0.05, 0.1) is 0 Å². The number of benzene rings is 1. The van der Waals surface area contributed by atoms with Crippen LogP contribution in [-0.4, -0.2) is 13.1 Å². The molecule has 0 radical (unpaired) electrons. The van der Waals surface area contributed by atoms with Crippen molar-refractivity contribution in [3.63, 3.8) is 0 Å². The van der Waals surface area contributed by atoms with Crippen LogP contribution < -0.4 is 5.32 Å². The van der Waals surface area contributed by atoms with Gasteiger partial charge >= 0.3 is 0 Å². The molecular weight excluding hydrogens is 213 g/mol. The summed E-state index contributed by atoms with van der Waals surface area (Å²) in [7, 11) is 0. The van der Waals surface area contributed by atoms with Gasteiger partial charge in [-0.1, -0.05) is 26.8 Å². The van der Waals surface area contributed by atoms with Gasteiger partial charge in [-0.2, -0.15) is 0 Å². The Bertz CT molecular complexity index is 360. The minimum Gasteiger partial charge on any atom is -0.317 e. The Kier molecular flexibility index (Phi) is 4.70. The lowest BCUT2D eigenvalue weighted by Crippen LogP contribution is -2.27. The van der Waals surface area contributed by atoms with Gasteiger partial charge in [0.2, 0.25) is 0 Å². The maximum atomic E-state index is 14.1. The summed E-state index contributed by atoms with van der Waals surface area (Å²) in [6.45, 7) is 12.1. The molecule has 1 aromatic rings. The molecule has 0 aliphatic carbocycles. The van der Waals surface area contributed by atoms with Crippen LogP contribution in [0.25, 0.3) is 0 Å². The summed E-state index contributed by atoms with van der Waals surface area (Å²) in [5, 5.41) is 3.30. The van der Waals surface area contributed by atoms with E-state index in [-0.39, 0.29) is 11.2 Å². The van der Waals surface area contributed by atoms with Crippen LogP contribution in [0.5, 0.6) is 0 Å². The third-order valence-corrected chi connectivity index (χ3v) is 3.29. The van der Waals surface area contributed by atoms with E-state index in [0.29, 0.717) is 0 Å². The van der Waals surface area contributed by atoms with Gasteiger partial charge in [-0.25, -0.2) is 4.39 Å². The molecule has 0 atom stereocenters. The summed E-state index contributed by atoms with van der Waals surface area (Å²) in [5.41, 5.74) is 2.79. The highest BCUT2D eigenvalue weighted by atomic mass is 19.1. The molecule has 2 heteroatoms. The summed E-state index contributed by atoms with van der Waals surface area (Å²) >= 11 is 0. The maximum absolute atomic E-state index is 14.1. The zero-order chi connectivity index (χ0) is 13.1. The van der Waals surface area contributed by atoms with E-state index in [4.69, 9.17) is 0 Å². The van der Waals surface area contributed by atoms with Crippen molar-refractivity contribution < 1.29 is 4.39 Å². The topological polar surface area (TPSA) is 12.0 Å². The smallest absolute Gasteiger partial charge is 0.127 e. The quantitative estimate of drug-likeness (QED) is 0.770. The molecule has 0 aliphatic heterocycles. The van der Waals surface area contributed by atoms with Gasteiger partial charge in [0.25, 0.3) is 0 Å². The summed E-state index contributed by atoms with van der Waals surface area (Å²) in [5.74, 6) is -0.0657. The van der Waals surface area contributed by atoms with Gasteiger partial charge in [-0.15, -0.1) is 0 Å². The number of rotatable bonds is 5. The summed E-state index contributed by atoms with van der Waals surface area (Å²) in [4.78, 5) is 0.